The molecule has 0 aliphatic rings. The summed E-state index contributed by atoms with van der Waals surface area (Å²) >= 11 is 0. The van der Waals surface area contributed by atoms with Crippen LogP contribution in [-0.2, 0) is 11.1 Å². The predicted molar refractivity (Wildman–Crippen MR) is 56.6 cm³/mol. The molecule has 1 aromatic rings. The van der Waals surface area contributed by atoms with Gasteiger partial charge in [-0.3, -0.25) is 0 Å². The van der Waals surface area contributed by atoms with Gasteiger partial charge in [0.1, 0.15) is 13.6 Å². The van der Waals surface area contributed by atoms with Crippen molar-refractivity contribution in [2.75, 3.05) is 14.2 Å². The molecule has 14 heavy (non-hydrogen) atoms. The van der Waals surface area contributed by atoms with E-state index in [4.69, 9.17) is 4.74 Å². The quantitative estimate of drug-likeness (QED) is 0.520. The van der Waals surface area contributed by atoms with E-state index in [-0.39, 0.29) is 5.97 Å². The molecule has 3 nitrogen and oxygen atoms in total. The summed E-state index contributed by atoms with van der Waals surface area (Å²) in [5.41, 5.74) is 1.55. The van der Waals surface area contributed by atoms with Crippen molar-refractivity contribution in [2.45, 2.75) is 6.32 Å². The minimum Gasteiger partial charge on any atom is -0.497 e. The van der Waals surface area contributed by atoms with E-state index in [1.54, 1.807) is 19.2 Å². The summed E-state index contributed by atoms with van der Waals surface area (Å²) in [6, 6.07) is 5.33. The second-order valence-corrected chi connectivity index (χ2v) is 2.87. The molecule has 0 fully saturated rings. The first-order valence-electron chi connectivity index (χ1n) is 4.48. The summed E-state index contributed by atoms with van der Waals surface area (Å²) in [6.45, 7) is 0. The van der Waals surface area contributed by atoms with Gasteiger partial charge in [0.2, 0.25) is 0 Å². The molecule has 74 valence electrons. The van der Waals surface area contributed by atoms with Crippen molar-refractivity contribution in [2.24, 2.45) is 0 Å². The van der Waals surface area contributed by atoms with Crippen LogP contribution in [0.2, 0.25) is 0 Å². The third-order valence-electron chi connectivity index (χ3n) is 2.10. The number of rotatable bonds is 3. The lowest BCUT2D eigenvalue weighted by Crippen LogP contribution is -2.06. The molecule has 0 amide bonds. The molecular formula is C10H13BO3. The maximum atomic E-state index is 11.3. The topological polar surface area (TPSA) is 35.5 Å². The van der Waals surface area contributed by atoms with Crippen molar-refractivity contribution in [1.82, 2.24) is 0 Å². The van der Waals surface area contributed by atoms with Gasteiger partial charge in [-0.25, -0.2) is 4.79 Å². The molecule has 0 aliphatic heterocycles. The monoisotopic (exact) mass is 192 g/mol. The number of carbonyl (C=O) groups is 1. The van der Waals surface area contributed by atoms with E-state index in [0.717, 1.165) is 17.6 Å². The zero-order valence-corrected chi connectivity index (χ0v) is 8.66. The van der Waals surface area contributed by atoms with Crippen molar-refractivity contribution < 1.29 is 14.3 Å². The Morgan fingerprint density at radius 2 is 2.14 bits per heavy atom. The smallest absolute Gasteiger partial charge is 0.338 e. The number of methoxy groups -OCH3 is 2. The van der Waals surface area contributed by atoms with Crippen molar-refractivity contribution in [1.29, 1.82) is 0 Å². The van der Waals surface area contributed by atoms with Gasteiger partial charge in [-0.1, -0.05) is 6.32 Å². The van der Waals surface area contributed by atoms with Crippen LogP contribution in [0.3, 0.4) is 0 Å². The van der Waals surface area contributed by atoms with Gasteiger partial charge in [0.05, 0.1) is 19.8 Å². The third-order valence-corrected chi connectivity index (χ3v) is 2.10. The molecule has 0 atom stereocenters. The highest BCUT2D eigenvalue weighted by molar-refractivity contribution is 6.09. The summed E-state index contributed by atoms with van der Waals surface area (Å²) in [5, 5.41) is 0. The minimum absolute atomic E-state index is 0.301. The molecule has 1 rings (SSSR count). The van der Waals surface area contributed by atoms with Crippen LogP contribution in [0.1, 0.15) is 15.9 Å². The zero-order chi connectivity index (χ0) is 10.6. The van der Waals surface area contributed by atoms with Crippen LogP contribution in [0.25, 0.3) is 0 Å². The normalized spacial score (nSPS) is 9.57. The molecule has 1 aromatic carbocycles. The molecule has 0 aliphatic carbocycles. The minimum atomic E-state index is -0.301. The third kappa shape index (κ3) is 2.07. The van der Waals surface area contributed by atoms with E-state index < -0.39 is 0 Å². The largest absolute Gasteiger partial charge is 0.497 e. The van der Waals surface area contributed by atoms with Crippen LogP contribution in [0.5, 0.6) is 5.75 Å². The Labute approximate surface area is 84.4 Å². The van der Waals surface area contributed by atoms with Crippen LogP contribution in [0, 0.1) is 0 Å². The molecule has 0 spiro atoms. The Bertz CT molecular complexity index is 336. The van der Waals surface area contributed by atoms with Crippen LogP contribution in [0.15, 0.2) is 18.2 Å². The highest BCUT2D eigenvalue weighted by atomic mass is 16.5. The second kappa shape index (κ2) is 4.70. The van der Waals surface area contributed by atoms with Crippen LogP contribution in [-0.4, -0.2) is 28.0 Å². The van der Waals surface area contributed by atoms with Crippen LogP contribution >= 0.6 is 0 Å². The van der Waals surface area contributed by atoms with Gasteiger partial charge in [-0.2, -0.15) is 0 Å². The highest BCUT2D eigenvalue weighted by Crippen LogP contribution is 2.18. The van der Waals surface area contributed by atoms with Gasteiger partial charge < -0.3 is 9.47 Å². The molecule has 0 saturated heterocycles. The Balaban J connectivity index is 3.11. The lowest BCUT2D eigenvalue weighted by molar-refractivity contribution is 0.0600. The van der Waals surface area contributed by atoms with E-state index in [2.05, 4.69) is 4.74 Å². The molecule has 0 aromatic heterocycles. The fourth-order valence-electron chi connectivity index (χ4n) is 1.30. The number of esters is 1. The SMILES string of the molecule is BCc1cc(OC)ccc1C(=O)OC. The first-order valence-corrected chi connectivity index (χ1v) is 4.48. The van der Waals surface area contributed by atoms with Gasteiger partial charge in [0.25, 0.3) is 0 Å². The summed E-state index contributed by atoms with van der Waals surface area (Å²) in [6.07, 6.45) is 0.779. The molecule has 4 heteroatoms. The first kappa shape index (κ1) is 10.6. The number of ether oxygens (including phenoxy) is 2. The fourth-order valence-corrected chi connectivity index (χ4v) is 1.30. The Morgan fingerprint density at radius 3 is 2.64 bits per heavy atom. The van der Waals surface area contributed by atoms with Gasteiger partial charge in [-0.05, 0) is 23.8 Å². The fraction of sp³-hybridized carbons (Fsp3) is 0.300. The highest BCUT2D eigenvalue weighted by Gasteiger charge is 2.10. The van der Waals surface area contributed by atoms with Gasteiger partial charge in [-0.15, -0.1) is 0 Å². The van der Waals surface area contributed by atoms with E-state index >= 15 is 0 Å². The van der Waals surface area contributed by atoms with Crippen LogP contribution in [0.4, 0.5) is 0 Å². The number of hydrogen-bond donors (Lipinski definition) is 0. The van der Waals surface area contributed by atoms with Gasteiger partial charge in [0.15, 0.2) is 0 Å². The Kier molecular flexibility index (Phi) is 3.57. The zero-order valence-electron chi connectivity index (χ0n) is 8.66. The van der Waals surface area contributed by atoms with Gasteiger partial charge >= 0.3 is 5.97 Å². The molecular weight excluding hydrogens is 179 g/mol. The summed E-state index contributed by atoms with van der Waals surface area (Å²) in [4.78, 5) is 11.3. The van der Waals surface area contributed by atoms with Crippen molar-refractivity contribution in [3.8, 4) is 5.75 Å². The average Bonchev–Trinajstić information content (AvgIpc) is 2.27. The lowest BCUT2D eigenvalue weighted by atomic mass is 9.93. The molecule has 0 bridgehead atoms. The second-order valence-electron chi connectivity index (χ2n) is 2.87. The Morgan fingerprint density at radius 1 is 1.43 bits per heavy atom. The maximum Gasteiger partial charge on any atom is 0.338 e. The van der Waals surface area contributed by atoms with Crippen molar-refractivity contribution in [3.63, 3.8) is 0 Å². The summed E-state index contributed by atoms with van der Waals surface area (Å²) in [5.74, 6) is 0.457. The lowest BCUT2D eigenvalue weighted by Gasteiger charge is -2.07. The number of hydrogen-bond acceptors (Lipinski definition) is 3. The van der Waals surface area contributed by atoms with Crippen molar-refractivity contribution >= 4 is 13.8 Å². The van der Waals surface area contributed by atoms with Crippen molar-refractivity contribution in [3.05, 3.63) is 29.3 Å². The van der Waals surface area contributed by atoms with Gasteiger partial charge in [0, 0.05) is 0 Å². The molecule has 0 N–H and O–H groups in total. The maximum absolute atomic E-state index is 11.3. The molecule has 0 unspecified atom stereocenters. The predicted octanol–water partition coefficient (Wildman–Crippen LogP) is 0.615. The van der Waals surface area contributed by atoms with E-state index in [9.17, 15) is 4.79 Å². The standard InChI is InChI=1S/C10H13BO3/c1-13-8-3-4-9(10(12)14-2)7(5-8)6-11/h3-5H,6,11H2,1-2H3. The summed E-state index contributed by atoms with van der Waals surface area (Å²) in [7, 11) is 4.97. The number of carbonyl (C=O) groups excluding carboxylic acids is 1. The molecule has 0 heterocycles. The Hall–Kier alpha value is -1.45. The number of benzene rings is 1. The van der Waals surface area contributed by atoms with E-state index in [1.807, 2.05) is 13.9 Å². The molecule has 0 saturated carbocycles. The summed E-state index contributed by atoms with van der Waals surface area (Å²) < 4.78 is 9.75. The van der Waals surface area contributed by atoms with E-state index in [0.29, 0.717) is 5.56 Å². The average molecular weight is 192 g/mol. The van der Waals surface area contributed by atoms with E-state index in [1.165, 1.54) is 7.11 Å². The van der Waals surface area contributed by atoms with Crippen LogP contribution < -0.4 is 4.74 Å². The first-order chi connectivity index (χ1) is 6.72. The molecule has 0 radical (unpaired) electrons.